The minimum atomic E-state index is -0.215. The van der Waals surface area contributed by atoms with Crippen LogP contribution in [0.3, 0.4) is 0 Å². The smallest absolute Gasteiger partial charge is 0.409 e. The Morgan fingerprint density at radius 3 is 2.72 bits per heavy atom. The molecule has 1 aliphatic rings. The van der Waals surface area contributed by atoms with Crippen molar-refractivity contribution in [2.24, 2.45) is 0 Å². The Hall–Kier alpha value is -2.05. The number of carbonyl (C=O) groups excluding carboxylic acids is 1. The topological polar surface area (TPSA) is 70.6 Å². The molecule has 25 heavy (non-hydrogen) atoms. The minimum absolute atomic E-state index is 0.215. The number of nitrogens with zero attached hydrogens (tertiary/aromatic N) is 4. The molecule has 1 aromatic rings. The number of hydrogen-bond acceptors (Lipinski definition) is 6. The molecule has 0 bridgehead atoms. The number of hydrogen-bond donors (Lipinski definition) is 1. The highest BCUT2D eigenvalue weighted by atomic mass is 16.6. The predicted molar refractivity (Wildman–Crippen MR) is 100 cm³/mol. The van der Waals surface area contributed by atoms with Crippen LogP contribution >= 0.6 is 0 Å². The second kappa shape index (κ2) is 9.44. The van der Waals surface area contributed by atoms with Crippen LogP contribution in [0.2, 0.25) is 0 Å². The molecule has 1 amide bonds. The fourth-order valence-electron chi connectivity index (χ4n) is 2.93. The highest BCUT2D eigenvalue weighted by molar-refractivity contribution is 5.67. The van der Waals surface area contributed by atoms with Gasteiger partial charge < -0.3 is 19.9 Å². The molecule has 0 aliphatic carbocycles. The van der Waals surface area contributed by atoms with E-state index in [-0.39, 0.29) is 12.1 Å². The van der Waals surface area contributed by atoms with Gasteiger partial charge in [-0.15, -0.1) is 0 Å². The summed E-state index contributed by atoms with van der Waals surface area (Å²) in [5.74, 6) is 1.63. The quantitative estimate of drug-likeness (QED) is 0.816. The van der Waals surface area contributed by atoms with E-state index in [1.807, 2.05) is 19.9 Å². The molecule has 0 spiro atoms. The number of rotatable bonds is 7. The molecule has 0 aromatic carbocycles. The normalized spacial score (nSPS) is 15.1. The van der Waals surface area contributed by atoms with E-state index in [1.165, 1.54) is 6.42 Å². The van der Waals surface area contributed by atoms with E-state index in [9.17, 15) is 4.79 Å². The maximum Gasteiger partial charge on any atom is 0.409 e. The molecular formula is C18H31N5O2. The predicted octanol–water partition coefficient (Wildman–Crippen LogP) is 3.05. The van der Waals surface area contributed by atoms with Gasteiger partial charge in [-0.05, 0) is 33.1 Å². The number of unbranched alkanes of at least 4 members (excludes halogenated alkanes) is 1. The van der Waals surface area contributed by atoms with E-state index in [0.29, 0.717) is 25.6 Å². The molecule has 7 heteroatoms. The molecule has 0 atom stereocenters. The minimum Gasteiger partial charge on any atom is -0.450 e. The molecule has 0 saturated carbocycles. The molecule has 140 valence electrons. The van der Waals surface area contributed by atoms with Crippen molar-refractivity contribution in [3.63, 3.8) is 0 Å². The molecule has 1 saturated heterocycles. The molecule has 2 rings (SSSR count). The van der Waals surface area contributed by atoms with Crippen molar-refractivity contribution >= 4 is 17.9 Å². The van der Waals surface area contributed by atoms with Crippen molar-refractivity contribution in [1.82, 2.24) is 14.9 Å². The number of aryl methyl sites for hydroxylation is 1. The van der Waals surface area contributed by atoms with Gasteiger partial charge in [0.1, 0.15) is 5.82 Å². The van der Waals surface area contributed by atoms with Crippen LogP contribution in [0.25, 0.3) is 0 Å². The first-order chi connectivity index (χ1) is 12.0. The lowest BCUT2D eigenvalue weighted by Crippen LogP contribution is -2.42. The lowest BCUT2D eigenvalue weighted by Gasteiger charge is -2.31. The van der Waals surface area contributed by atoms with Crippen molar-refractivity contribution in [2.75, 3.05) is 43.5 Å². The third kappa shape index (κ3) is 5.76. The molecule has 0 radical (unpaired) electrons. The number of piperidine rings is 1. The van der Waals surface area contributed by atoms with Gasteiger partial charge in [-0.3, -0.25) is 0 Å². The SMILES string of the molecule is CCCCN(C)c1cc(C)nc(NC2CCN(C(=O)OCC)CC2)n1. The lowest BCUT2D eigenvalue weighted by molar-refractivity contribution is 0.0983. The van der Waals surface area contributed by atoms with Gasteiger partial charge in [0, 0.05) is 44.5 Å². The number of anilines is 2. The number of carbonyl (C=O) groups is 1. The van der Waals surface area contributed by atoms with Crippen LogP contribution < -0.4 is 10.2 Å². The van der Waals surface area contributed by atoms with Crippen LogP contribution in [0.15, 0.2) is 6.07 Å². The Morgan fingerprint density at radius 2 is 2.08 bits per heavy atom. The second-order valence-electron chi connectivity index (χ2n) is 6.57. The fraction of sp³-hybridized carbons (Fsp3) is 0.722. The van der Waals surface area contributed by atoms with Crippen LogP contribution in [0.4, 0.5) is 16.6 Å². The first kappa shape index (κ1) is 19.3. The Bertz CT molecular complexity index is 558. The van der Waals surface area contributed by atoms with Crippen LogP contribution in [-0.4, -0.2) is 60.3 Å². The number of likely N-dealkylation sites (tertiary alicyclic amines) is 1. The number of ether oxygens (including phenoxy) is 1. The fourth-order valence-corrected chi connectivity index (χ4v) is 2.93. The van der Waals surface area contributed by atoms with Gasteiger partial charge in [0.05, 0.1) is 6.61 Å². The average Bonchev–Trinajstić information content (AvgIpc) is 2.60. The molecule has 7 nitrogen and oxygen atoms in total. The Kier molecular flexibility index (Phi) is 7.28. The maximum atomic E-state index is 11.8. The summed E-state index contributed by atoms with van der Waals surface area (Å²) in [6.45, 7) is 8.82. The van der Waals surface area contributed by atoms with Crippen molar-refractivity contribution in [1.29, 1.82) is 0 Å². The van der Waals surface area contributed by atoms with Gasteiger partial charge in [0.15, 0.2) is 0 Å². The third-order valence-electron chi connectivity index (χ3n) is 4.43. The van der Waals surface area contributed by atoms with Crippen molar-refractivity contribution in [3.05, 3.63) is 11.8 Å². The summed E-state index contributed by atoms with van der Waals surface area (Å²) < 4.78 is 5.06. The van der Waals surface area contributed by atoms with E-state index in [4.69, 9.17) is 4.74 Å². The van der Waals surface area contributed by atoms with E-state index in [2.05, 4.69) is 34.2 Å². The Morgan fingerprint density at radius 1 is 1.36 bits per heavy atom. The molecular weight excluding hydrogens is 318 g/mol. The molecule has 1 N–H and O–H groups in total. The van der Waals surface area contributed by atoms with Gasteiger partial charge in [-0.25, -0.2) is 9.78 Å². The zero-order valence-electron chi connectivity index (χ0n) is 15.9. The first-order valence-electron chi connectivity index (χ1n) is 9.28. The number of aromatic nitrogens is 2. The van der Waals surface area contributed by atoms with E-state index < -0.39 is 0 Å². The van der Waals surface area contributed by atoms with Gasteiger partial charge >= 0.3 is 6.09 Å². The number of amides is 1. The molecule has 1 aromatic heterocycles. The maximum absolute atomic E-state index is 11.8. The monoisotopic (exact) mass is 349 g/mol. The van der Waals surface area contributed by atoms with Crippen molar-refractivity contribution < 1.29 is 9.53 Å². The van der Waals surface area contributed by atoms with Crippen LogP contribution in [-0.2, 0) is 4.74 Å². The van der Waals surface area contributed by atoms with Crippen LogP contribution in [0, 0.1) is 6.92 Å². The summed E-state index contributed by atoms with van der Waals surface area (Å²) in [5, 5.41) is 3.44. The molecule has 2 heterocycles. The highest BCUT2D eigenvalue weighted by Gasteiger charge is 2.24. The van der Waals surface area contributed by atoms with Gasteiger partial charge in [0.2, 0.25) is 5.95 Å². The molecule has 0 unspecified atom stereocenters. The van der Waals surface area contributed by atoms with Gasteiger partial charge in [-0.2, -0.15) is 4.98 Å². The summed E-state index contributed by atoms with van der Waals surface area (Å²) in [6.07, 6.45) is 3.84. The third-order valence-corrected chi connectivity index (χ3v) is 4.43. The first-order valence-corrected chi connectivity index (χ1v) is 9.28. The van der Waals surface area contributed by atoms with E-state index in [0.717, 1.165) is 37.3 Å². The van der Waals surface area contributed by atoms with E-state index in [1.54, 1.807) is 4.90 Å². The van der Waals surface area contributed by atoms with Crippen LogP contribution in [0.1, 0.15) is 45.2 Å². The van der Waals surface area contributed by atoms with E-state index >= 15 is 0 Å². The highest BCUT2D eigenvalue weighted by Crippen LogP contribution is 2.18. The summed E-state index contributed by atoms with van der Waals surface area (Å²) in [7, 11) is 2.07. The second-order valence-corrected chi connectivity index (χ2v) is 6.57. The molecule has 1 fully saturated rings. The summed E-state index contributed by atoms with van der Waals surface area (Å²) in [5.41, 5.74) is 0.958. The largest absolute Gasteiger partial charge is 0.450 e. The van der Waals surface area contributed by atoms with Crippen molar-refractivity contribution in [2.45, 2.75) is 52.5 Å². The average molecular weight is 349 g/mol. The summed E-state index contributed by atoms with van der Waals surface area (Å²) >= 11 is 0. The van der Waals surface area contributed by atoms with Crippen LogP contribution in [0.5, 0.6) is 0 Å². The lowest BCUT2D eigenvalue weighted by atomic mass is 10.1. The summed E-state index contributed by atoms with van der Waals surface area (Å²) in [4.78, 5) is 24.9. The summed E-state index contributed by atoms with van der Waals surface area (Å²) in [6, 6.07) is 2.30. The standard InChI is InChI=1S/C18H31N5O2/c1-5-7-10-22(4)16-13-14(3)19-17(21-16)20-15-8-11-23(12-9-15)18(24)25-6-2/h13,15H,5-12H2,1-4H3,(H,19,20,21). The Labute approximate surface area is 150 Å². The van der Waals surface area contributed by atoms with Crippen molar-refractivity contribution in [3.8, 4) is 0 Å². The zero-order chi connectivity index (χ0) is 18.2. The van der Waals surface area contributed by atoms with Gasteiger partial charge in [0.25, 0.3) is 0 Å². The Balaban J connectivity index is 1.92. The number of nitrogens with one attached hydrogen (secondary N) is 1. The zero-order valence-corrected chi connectivity index (χ0v) is 15.9. The van der Waals surface area contributed by atoms with Gasteiger partial charge in [-0.1, -0.05) is 13.3 Å². The molecule has 1 aliphatic heterocycles.